The number of primary amides is 1. The molecule has 3 heterocycles. The van der Waals surface area contributed by atoms with Crippen molar-refractivity contribution in [2.75, 3.05) is 18.5 Å². The maximum absolute atomic E-state index is 12.8. The van der Waals surface area contributed by atoms with Crippen LogP contribution in [0.15, 0.2) is 33.4 Å². The lowest BCUT2D eigenvalue weighted by Crippen LogP contribution is -2.31. The number of fused-ring (bicyclic) bond motifs is 1. The molecule has 1 fully saturated rings. The Morgan fingerprint density at radius 1 is 1.38 bits per heavy atom. The molecular weight excluding hydrogens is 412 g/mol. The van der Waals surface area contributed by atoms with Gasteiger partial charge < -0.3 is 15.8 Å². The lowest BCUT2D eigenvalue weighted by molar-refractivity contribution is -0.118. The molecule has 1 aromatic carbocycles. The SMILES string of the molecule is NC(=O)Cn1c(CSc2nnc(NC[C@H]3CCCO3)s2)nc2ccccc2c1=O. The van der Waals surface area contributed by atoms with Gasteiger partial charge in [0.15, 0.2) is 4.34 Å². The fourth-order valence-electron chi connectivity index (χ4n) is 3.12. The molecule has 0 radical (unpaired) electrons. The summed E-state index contributed by atoms with van der Waals surface area (Å²) >= 11 is 2.84. The molecular formula is C18H20N6O3S2. The Morgan fingerprint density at radius 3 is 3.03 bits per heavy atom. The van der Waals surface area contributed by atoms with Gasteiger partial charge in [-0.3, -0.25) is 14.2 Å². The van der Waals surface area contributed by atoms with Crippen LogP contribution in [0.1, 0.15) is 18.7 Å². The molecule has 0 bridgehead atoms. The van der Waals surface area contributed by atoms with E-state index in [-0.39, 0.29) is 18.2 Å². The minimum absolute atomic E-state index is 0.211. The molecule has 9 nitrogen and oxygen atoms in total. The highest BCUT2D eigenvalue weighted by atomic mass is 32.2. The normalized spacial score (nSPS) is 16.3. The zero-order chi connectivity index (χ0) is 20.2. The Hall–Kier alpha value is -2.50. The molecule has 2 aromatic heterocycles. The van der Waals surface area contributed by atoms with Crippen LogP contribution in [0, 0.1) is 0 Å². The molecule has 0 spiro atoms. The fourth-order valence-corrected chi connectivity index (χ4v) is 4.82. The highest BCUT2D eigenvalue weighted by Gasteiger charge is 2.17. The molecule has 1 saturated heterocycles. The van der Waals surface area contributed by atoms with Crippen LogP contribution in [0.5, 0.6) is 0 Å². The van der Waals surface area contributed by atoms with E-state index in [1.54, 1.807) is 18.2 Å². The first-order chi connectivity index (χ1) is 14.1. The van der Waals surface area contributed by atoms with Crippen molar-refractivity contribution in [3.63, 3.8) is 0 Å². The van der Waals surface area contributed by atoms with Crippen molar-refractivity contribution in [3.8, 4) is 0 Å². The van der Waals surface area contributed by atoms with Crippen LogP contribution >= 0.6 is 23.1 Å². The number of hydrogen-bond donors (Lipinski definition) is 2. The lowest BCUT2D eigenvalue weighted by Gasteiger charge is -2.11. The zero-order valence-electron chi connectivity index (χ0n) is 15.5. The van der Waals surface area contributed by atoms with Gasteiger partial charge in [-0.1, -0.05) is 35.2 Å². The third-order valence-corrected chi connectivity index (χ3v) is 6.50. The van der Waals surface area contributed by atoms with Gasteiger partial charge in [0.2, 0.25) is 11.0 Å². The van der Waals surface area contributed by atoms with Gasteiger partial charge in [0.1, 0.15) is 12.4 Å². The summed E-state index contributed by atoms with van der Waals surface area (Å²) in [6.45, 7) is 1.32. The number of nitrogens with two attached hydrogens (primary N) is 1. The molecule has 0 saturated carbocycles. The minimum atomic E-state index is -0.591. The Labute approximate surface area is 174 Å². The number of aromatic nitrogens is 4. The highest BCUT2D eigenvalue weighted by Crippen LogP contribution is 2.28. The smallest absolute Gasteiger partial charge is 0.261 e. The number of anilines is 1. The topological polar surface area (TPSA) is 125 Å². The Bertz CT molecular complexity index is 1080. The van der Waals surface area contributed by atoms with Gasteiger partial charge in [-0.2, -0.15) is 0 Å². The summed E-state index contributed by atoms with van der Waals surface area (Å²) in [5.41, 5.74) is 5.64. The number of thioether (sulfide) groups is 1. The first kappa shape index (κ1) is 19.8. The standard InChI is InChI=1S/C18H20N6O3S2/c19-14(25)9-24-15(21-13-6-2-1-5-12(13)16(24)26)10-28-18-23-22-17(29-18)20-8-11-4-3-7-27-11/h1-2,5-6,11H,3-4,7-10H2,(H2,19,25)(H,20,22)/t11-/m1/s1. The van der Waals surface area contributed by atoms with Gasteiger partial charge >= 0.3 is 0 Å². The van der Waals surface area contributed by atoms with Gasteiger partial charge in [0.25, 0.3) is 5.56 Å². The van der Waals surface area contributed by atoms with Crippen LogP contribution in [-0.2, 0) is 21.8 Å². The number of amides is 1. The number of benzene rings is 1. The predicted octanol–water partition coefficient (Wildman–Crippen LogP) is 1.62. The van der Waals surface area contributed by atoms with Crippen molar-refractivity contribution in [1.29, 1.82) is 0 Å². The fraction of sp³-hybridized carbons (Fsp3) is 0.389. The molecule has 29 heavy (non-hydrogen) atoms. The van der Waals surface area contributed by atoms with Crippen molar-refractivity contribution in [3.05, 3.63) is 40.4 Å². The van der Waals surface area contributed by atoms with Crippen LogP contribution in [-0.4, -0.2) is 44.9 Å². The first-order valence-corrected chi connectivity index (χ1v) is 11.0. The number of hydrogen-bond acceptors (Lipinski definition) is 9. The molecule has 1 aliphatic rings. The quantitative estimate of drug-likeness (QED) is 0.515. The maximum Gasteiger partial charge on any atom is 0.261 e. The number of rotatable bonds is 8. The van der Waals surface area contributed by atoms with Crippen LogP contribution in [0.3, 0.4) is 0 Å². The summed E-state index contributed by atoms with van der Waals surface area (Å²) in [5.74, 6) is 0.252. The van der Waals surface area contributed by atoms with Crippen molar-refractivity contribution in [2.45, 2.75) is 35.6 Å². The average Bonchev–Trinajstić information content (AvgIpc) is 3.39. The maximum atomic E-state index is 12.8. The van der Waals surface area contributed by atoms with E-state index in [0.29, 0.717) is 29.0 Å². The number of ether oxygens (including phenoxy) is 1. The zero-order valence-corrected chi connectivity index (χ0v) is 17.2. The molecule has 152 valence electrons. The monoisotopic (exact) mass is 432 g/mol. The van der Waals surface area contributed by atoms with Crippen molar-refractivity contribution < 1.29 is 9.53 Å². The molecule has 3 N–H and O–H groups in total. The number of carbonyl (C=O) groups is 1. The molecule has 0 aliphatic carbocycles. The molecule has 3 aromatic rings. The van der Waals surface area contributed by atoms with Crippen molar-refractivity contribution >= 4 is 45.0 Å². The van der Waals surface area contributed by atoms with E-state index in [4.69, 9.17) is 10.5 Å². The van der Waals surface area contributed by atoms with Gasteiger partial charge in [0.05, 0.1) is 22.8 Å². The first-order valence-electron chi connectivity index (χ1n) is 9.18. The lowest BCUT2D eigenvalue weighted by atomic mass is 10.2. The summed E-state index contributed by atoms with van der Waals surface area (Å²) in [5, 5.41) is 12.8. The van der Waals surface area contributed by atoms with Crippen LogP contribution < -0.4 is 16.6 Å². The molecule has 1 atom stereocenters. The van der Waals surface area contributed by atoms with Gasteiger partial charge in [-0.05, 0) is 25.0 Å². The summed E-state index contributed by atoms with van der Waals surface area (Å²) in [7, 11) is 0. The Balaban J connectivity index is 1.49. The van der Waals surface area contributed by atoms with Gasteiger partial charge in [-0.25, -0.2) is 4.98 Å². The summed E-state index contributed by atoms with van der Waals surface area (Å²) < 4.78 is 7.66. The minimum Gasteiger partial charge on any atom is -0.376 e. The van der Waals surface area contributed by atoms with Gasteiger partial charge in [-0.15, -0.1) is 10.2 Å². The Kier molecular flexibility index (Phi) is 6.07. The average molecular weight is 433 g/mol. The Morgan fingerprint density at radius 2 is 2.24 bits per heavy atom. The number of para-hydroxylation sites is 1. The van der Waals surface area contributed by atoms with E-state index >= 15 is 0 Å². The van der Waals surface area contributed by atoms with Gasteiger partial charge in [0, 0.05) is 13.2 Å². The molecule has 1 aliphatic heterocycles. The number of nitrogens with zero attached hydrogens (tertiary/aromatic N) is 4. The third kappa shape index (κ3) is 4.74. The second-order valence-corrected chi connectivity index (χ2v) is 8.78. The van der Waals surface area contributed by atoms with E-state index in [2.05, 4.69) is 20.5 Å². The number of carbonyl (C=O) groups excluding carboxylic acids is 1. The number of nitrogens with one attached hydrogen (secondary N) is 1. The van der Waals surface area contributed by atoms with E-state index in [1.165, 1.54) is 27.7 Å². The highest BCUT2D eigenvalue weighted by molar-refractivity contribution is 8.00. The van der Waals surface area contributed by atoms with E-state index in [1.807, 2.05) is 6.07 Å². The predicted molar refractivity (Wildman–Crippen MR) is 112 cm³/mol. The molecule has 11 heteroatoms. The third-order valence-electron chi connectivity index (χ3n) is 4.49. The van der Waals surface area contributed by atoms with Crippen molar-refractivity contribution in [1.82, 2.24) is 19.7 Å². The van der Waals surface area contributed by atoms with Crippen LogP contribution in [0.4, 0.5) is 5.13 Å². The second-order valence-electron chi connectivity index (χ2n) is 6.58. The van der Waals surface area contributed by atoms with Crippen molar-refractivity contribution in [2.24, 2.45) is 5.73 Å². The summed E-state index contributed by atoms with van der Waals surface area (Å²) in [4.78, 5) is 28.8. The largest absolute Gasteiger partial charge is 0.376 e. The summed E-state index contributed by atoms with van der Waals surface area (Å²) in [6, 6.07) is 7.05. The second kappa shape index (κ2) is 8.89. The van der Waals surface area contributed by atoms with E-state index in [0.717, 1.165) is 28.9 Å². The van der Waals surface area contributed by atoms with E-state index < -0.39 is 5.91 Å². The molecule has 4 rings (SSSR count). The van der Waals surface area contributed by atoms with Crippen LogP contribution in [0.25, 0.3) is 10.9 Å². The summed E-state index contributed by atoms with van der Waals surface area (Å²) in [6.07, 6.45) is 2.37. The van der Waals surface area contributed by atoms with E-state index in [9.17, 15) is 9.59 Å². The molecule has 1 amide bonds. The molecule has 0 unspecified atom stereocenters. The van der Waals surface area contributed by atoms with Crippen LogP contribution in [0.2, 0.25) is 0 Å².